The van der Waals surface area contributed by atoms with Crippen molar-refractivity contribution in [1.82, 2.24) is 0 Å². The maximum Gasteiger partial charge on any atom is 0.233 e. The topological polar surface area (TPSA) is 67.4 Å². The monoisotopic (exact) mass is 390 g/mol. The van der Waals surface area contributed by atoms with Crippen molar-refractivity contribution in [2.24, 2.45) is 0 Å². The first-order valence-electron chi connectivity index (χ1n) is 7.54. The van der Waals surface area contributed by atoms with Crippen LogP contribution in [0.5, 0.6) is 5.75 Å². The van der Waals surface area contributed by atoms with Gasteiger partial charge in [-0.2, -0.15) is 0 Å². The molecule has 0 aliphatic heterocycles. The summed E-state index contributed by atoms with van der Waals surface area (Å²) < 4.78 is 6.39. The van der Waals surface area contributed by atoms with E-state index in [-0.39, 0.29) is 24.3 Å². The number of rotatable bonds is 6. The van der Waals surface area contributed by atoms with Crippen molar-refractivity contribution >= 4 is 39.1 Å². The quantitative estimate of drug-likeness (QED) is 0.726. The molecule has 0 saturated heterocycles. The van der Waals surface area contributed by atoms with E-state index in [1.54, 1.807) is 42.5 Å². The summed E-state index contributed by atoms with van der Waals surface area (Å²) in [5.41, 5.74) is 1.25. The van der Waals surface area contributed by atoms with Crippen LogP contribution in [0.1, 0.15) is 20.3 Å². The predicted octanol–water partition coefficient (Wildman–Crippen LogP) is 4.20. The Hall–Kier alpha value is -2.34. The zero-order valence-corrected chi connectivity index (χ0v) is 15.1. The van der Waals surface area contributed by atoms with Crippen molar-refractivity contribution in [1.29, 1.82) is 0 Å². The van der Waals surface area contributed by atoms with Gasteiger partial charge in [0.25, 0.3) is 0 Å². The summed E-state index contributed by atoms with van der Waals surface area (Å²) >= 11 is 3.33. The molecule has 0 atom stereocenters. The second-order valence-electron chi connectivity index (χ2n) is 5.47. The molecule has 2 aromatic carbocycles. The van der Waals surface area contributed by atoms with E-state index in [2.05, 4.69) is 26.6 Å². The lowest BCUT2D eigenvalue weighted by Crippen LogP contribution is -2.21. The van der Waals surface area contributed by atoms with Crippen molar-refractivity contribution in [3.63, 3.8) is 0 Å². The van der Waals surface area contributed by atoms with Crippen molar-refractivity contribution in [3.8, 4) is 5.75 Å². The molecule has 126 valence electrons. The van der Waals surface area contributed by atoms with Gasteiger partial charge < -0.3 is 15.4 Å². The number of halogens is 1. The van der Waals surface area contributed by atoms with Crippen molar-refractivity contribution in [2.75, 3.05) is 10.6 Å². The molecule has 0 fully saturated rings. The summed E-state index contributed by atoms with van der Waals surface area (Å²) in [6.07, 6.45) is -0.163. The Morgan fingerprint density at radius 2 is 1.62 bits per heavy atom. The van der Waals surface area contributed by atoms with Gasteiger partial charge in [0, 0.05) is 15.8 Å². The Balaban J connectivity index is 1.85. The Kier molecular flexibility index (Phi) is 6.37. The van der Waals surface area contributed by atoms with E-state index in [1.165, 1.54) is 0 Å². The number of nitrogens with one attached hydrogen (secondary N) is 2. The maximum atomic E-state index is 11.9. The van der Waals surface area contributed by atoms with E-state index in [9.17, 15) is 9.59 Å². The maximum absolute atomic E-state index is 11.9. The third-order valence-electron chi connectivity index (χ3n) is 2.94. The lowest BCUT2D eigenvalue weighted by atomic mass is 10.2. The van der Waals surface area contributed by atoms with Crippen LogP contribution in [0.25, 0.3) is 0 Å². The minimum Gasteiger partial charge on any atom is -0.491 e. The Morgan fingerprint density at radius 1 is 1.00 bits per heavy atom. The van der Waals surface area contributed by atoms with Crippen LogP contribution in [0.15, 0.2) is 53.0 Å². The SMILES string of the molecule is CC(C)Oc1ccc(NC(=O)CC(=O)Nc2cccc(Br)c2)cc1. The minimum absolute atomic E-state index is 0.0900. The average molecular weight is 391 g/mol. The molecule has 0 spiro atoms. The van der Waals surface area contributed by atoms with Gasteiger partial charge in [-0.05, 0) is 56.3 Å². The normalized spacial score (nSPS) is 10.3. The molecule has 2 aromatic rings. The molecular formula is C18H19BrN2O3. The number of amides is 2. The number of hydrogen-bond acceptors (Lipinski definition) is 3. The highest BCUT2D eigenvalue weighted by Crippen LogP contribution is 2.18. The third-order valence-corrected chi connectivity index (χ3v) is 3.43. The highest BCUT2D eigenvalue weighted by Gasteiger charge is 2.10. The van der Waals surface area contributed by atoms with E-state index in [0.717, 1.165) is 10.2 Å². The first kappa shape index (κ1) is 18.0. The van der Waals surface area contributed by atoms with Crippen molar-refractivity contribution < 1.29 is 14.3 Å². The molecule has 0 aliphatic carbocycles. The molecule has 2 N–H and O–H groups in total. The van der Waals surface area contributed by atoms with Gasteiger partial charge in [0.05, 0.1) is 6.10 Å². The number of benzene rings is 2. The lowest BCUT2D eigenvalue weighted by molar-refractivity contribution is -0.123. The predicted molar refractivity (Wildman–Crippen MR) is 98.2 cm³/mol. The van der Waals surface area contributed by atoms with Crippen LogP contribution in [-0.4, -0.2) is 17.9 Å². The summed E-state index contributed by atoms with van der Waals surface area (Å²) in [5, 5.41) is 5.37. The number of carbonyl (C=O) groups excluding carboxylic acids is 2. The first-order chi connectivity index (χ1) is 11.4. The van der Waals surface area contributed by atoms with Crippen molar-refractivity contribution in [3.05, 3.63) is 53.0 Å². The van der Waals surface area contributed by atoms with Gasteiger partial charge in [0.2, 0.25) is 11.8 Å². The molecule has 5 nitrogen and oxygen atoms in total. The number of ether oxygens (including phenoxy) is 1. The Bertz CT molecular complexity index is 714. The van der Waals surface area contributed by atoms with Crippen LogP contribution >= 0.6 is 15.9 Å². The molecule has 2 rings (SSSR count). The van der Waals surface area contributed by atoms with Crippen molar-refractivity contribution in [2.45, 2.75) is 26.4 Å². The molecule has 2 amide bonds. The van der Waals surface area contributed by atoms with Gasteiger partial charge in [0.1, 0.15) is 12.2 Å². The van der Waals surface area contributed by atoms with Crippen LogP contribution < -0.4 is 15.4 Å². The minimum atomic E-state index is -0.375. The lowest BCUT2D eigenvalue weighted by Gasteiger charge is -2.11. The van der Waals surface area contributed by atoms with Gasteiger partial charge >= 0.3 is 0 Å². The van der Waals surface area contributed by atoms with Gasteiger partial charge in [-0.25, -0.2) is 0 Å². The highest BCUT2D eigenvalue weighted by molar-refractivity contribution is 9.10. The van der Waals surface area contributed by atoms with Gasteiger partial charge in [-0.1, -0.05) is 22.0 Å². The molecule has 0 heterocycles. The molecule has 0 aliphatic rings. The summed E-state index contributed by atoms with van der Waals surface area (Å²) in [6, 6.07) is 14.2. The average Bonchev–Trinajstić information content (AvgIpc) is 2.48. The van der Waals surface area contributed by atoms with Crippen LogP contribution in [0, 0.1) is 0 Å². The standard InChI is InChI=1S/C18H19BrN2O3/c1-12(2)24-16-8-6-14(7-9-16)20-17(22)11-18(23)21-15-5-3-4-13(19)10-15/h3-10,12H,11H2,1-2H3,(H,20,22)(H,21,23). The molecular weight excluding hydrogens is 372 g/mol. The highest BCUT2D eigenvalue weighted by atomic mass is 79.9. The number of anilines is 2. The fourth-order valence-corrected chi connectivity index (χ4v) is 2.41. The number of carbonyl (C=O) groups is 2. The van der Waals surface area contributed by atoms with Crippen LogP contribution in [0.3, 0.4) is 0 Å². The zero-order valence-electron chi connectivity index (χ0n) is 13.5. The van der Waals surface area contributed by atoms with E-state index in [1.807, 2.05) is 19.9 Å². The second kappa shape index (κ2) is 8.49. The summed E-state index contributed by atoms with van der Waals surface area (Å²) in [5.74, 6) is -0.0132. The Labute approximate surface area is 149 Å². The Morgan fingerprint density at radius 3 is 2.21 bits per heavy atom. The third kappa shape index (κ3) is 6.04. The van der Waals surface area contributed by atoms with Gasteiger partial charge in [0.15, 0.2) is 0 Å². The van der Waals surface area contributed by atoms with E-state index in [0.29, 0.717) is 11.4 Å². The summed E-state index contributed by atoms with van der Waals surface area (Å²) in [4.78, 5) is 23.8. The van der Waals surface area contributed by atoms with Gasteiger partial charge in [-0.15, -0.1) is 0 Å². The fraction of sp³-hybridized carbons (Fsp3) is 0.222. The molecule has 0 saturated carbocycles. The molecule has 0 aromatic heterocycles. The van der Waals surface area contributed by atoms with E-state index >= 15 is 0 Å². The molecule has 24 heavy (non-hydrogen) atoms. The largest absolute Gasteiger partial charge is 0.491 e. The smallest absolute Gasteiger partial charge is 0.233 e. The zero-order chi connectivity index (χ0) is 17.5. The number of hydrogen-bond donors (Lipinski definition) is 2. The van der Waals surface area contributed by atoms with E-state index in [4.69, 9.17) is 4.74 Å². The molecule has 6 heteroatoms. The molecule has 0 unspecified atom stereocenters. The summed E-state index contributed by atoms with van der Waals surface area (Å²) in [6.45, 7) is 3.89. The summed E-state index contributed by atoms with van der Waals surface area (Å²) in [7, 11) is 0. The molecule has 0 bridgehead atoms. The van der Waals surface area contributed by atoms with Crippen LogP contribution in [0.2, 0.25) is 0 Å². The van der Waals surface area contributed by atoms with Gasteiger partial charge in [-0.3, -0.25) is 9.59 Å². The first-order valence-corrected chi connectivity index (χ1v) is 8.33. The molecule has 0 radical (unpaired) electrons. The second-order valence-corrected chi connectivity index (χ2v) is 6.39. The fourth-order valence-electron chi connectivity index (χ4n) is 2.01. The van der Waals surface area contributed by atoms with Crippen LogP contribution in [0.4, 0.5) is 11.4 Å². The van der Waals surface area contributed by atoms with Crippen LogP contribution in [-0.2, 0) is 9.59 Å². The van der Waals surface area contributed by atoms with E-state index < -0.39 is 0 Å².